The highest BCUT2D eigenvalue weighted by Crippen LogP contribution is 2.20. The fraction of sp³-hybridized carbons (Fsp3) is 0.750. The molecule has 0 aromatic rings. The monoisotopic (exact) mass is 675 g/mol. The van der Waals surface area contributed by atoms with E-state index in [-0.39, 0.29) is 25.3 Å². The van der Waals surface area contributed by atoms with Crippen molar-refractivity contribution in [2.45, 2.75) is 103 Å². The van der Waals surface area contributed by atoms with Gasteiger partial charge in [-0.1, -0.05) is 54.7 Å². The Kier molecular flexibility index (Phi) is 22.4. The Hall–Kier alpha value is -3.21. The van der Waals surface area contributed by atoms with E-state index >= 15 is 0 Å². The molecule has 10 N–H and O–H groups in total. The molecule has 0 spiro atoms. The predicted octanol–water partition coefficient (Wildman–Crippen LogP) is -0.357. The Morgan fingerprint density at radius 3 is 2.11 bits per heavy atom. The van der Waals surface area contributed by atoms with Crippen LogP contribution in [-0.4, -0.2) is 97.2 Å². The summed E-state index contributed by atoms with van der Waals surface area (Å²) in [4.78, 5) is 79.9. The zero-order valence-corrected chi connectivity index (χ0v) is 28.8. The molecule has 0 aliphatic heterocycles. The van der Waals surface area contributed by atoms with Crippen LogP contribution in [0.4, 0.5) is 0 Å². The SMILES string of the molecule is CCCCCC(NC=O)C(=O)NC(CCCN=C(N)N)C(=O)NC(C)(C)C(=O)NC(CC(=O)NC)C(=O)NCCSSCCC. The molecular formula is C28H53N9O6S2. The van der Waals surface area contributed by atoms with Gasteiger partial charge in [0.15, 0.2) is 5.96 Å². The number of aliphatic imine (C=N–C) groups is 1. The molecule has 0 saturated heterocycles. The van der Waals surface area contributed by atoms with Gasteiger partial charge >= 0.3 is 0 Å². The van der Waals surface area contributed by atoms with Crippen molar-refractivity contribution in [3.8, 4) is 0 Å². The molecule has 0 bridgehead atoms. The first-order chi connectivity index (χ1) is 21.3. The van der Waals surface area contributed by atoms with Crippen molar-refractivity contribution in [3.05, 3.63) is 0 Å². The van der Waals surface area contributed by atoms with E-state index in [1.54, 1.807) is 21.6 Å². The van der Waals surface area contributed by atoms with Crippen LogP contribution >= 0.6 is 21.6 Å². The number of unbranched alkanes of at least 4 members (excludes halogenated alkanes) is 2. The Morgan fingerprint density at radius 1 is 0.844 bits per heavy atom. The summed E-state index contributed by atoms with van der Waals surface area (Å²) in [5, 5.41) is 15.6. The average Bonchev–Trinajstić information content (AvgIpc) is 2.98. The van der Waals surface area contributed by atoms with Gasteiger partial charge < -0.3 is 43.4 Å². The summed E-state index contributed by atoms with van der Waals surface area (Å²) in [7, 11) is 4.74. The Labute approximate surface area is 274 Å². The van der Waals surface area contributed by atoms with E-state index in [1.165, 1.54) is 20.9 Å². The van der Waals surface area contributed by atoms with Gasteiger partial charge in [0.05, 0.1) is 6.42 Å². The number of nitrogens with one attached hydrogen (secondary N) is 6. The lowest BCUT2D eigenvalue weighted by molar-refractivity contribution is -0.137. The first-order valence-electron chi connectivity index (χ1n) is 15.2. The zero-order chi connectivity index (χ0) is 34.3. The second-order valence-corrected chi connectivity index (χ2v) is 13.5. The van der Waals surface area contributed by atoms with Crippen LogP contribution in [0, 0.1) is 0 Å². The molecule has 0 heterocycles. The molecule has 258 valence electrons. The van der Waals surface area contributed by atoms with Crippen LogP contribution in [0.25, 0.3) is 0 Å². The summed E-state index contributed by atoms with van der Waals surface area (Å²) < 4.78 is 0. The van der Waals surface area contributed by atoms with Crippen molar-refractivity contribution in [1.29, 1.82) is 0 Å². The van der Waals surface area contributed by atoms with Crippen LogP contribution in [0.15, 0.2) is 4.99 Å². The highest BCUT2D eigenvalue weighted by atomic mass is 33.1. The number of carbonyl (C=O) groups is 6. The summed E-state index contributed by atoms with van der Waals surface area (Å²) in [5.41, 5.74) is 9.23. The van der Waals surface area contributed by atoms with E-state index in [2.05, 4.69) is 43.8 Å². The number of carbonyl (C=O) groups excluding carboxylic acids is 6. The lowest BCUT2D eigenvalue weighted by atomic mass is 10.0. The zero-order valence-electron chi connectivity index (χ0n) is 27.2. The number of rotatable bonds is 25. The molecule has 0 aromatic carbocycles. The first-order valence-corrected chi connectivity index (χ1v) is 17.7. The number of hydrogen-bond acceptors (Lipinski definition) is 9. The van der Waals surface area contributed by atoms with E-state index in [0.717, 1.165) is 25.0 Å². The normalized spacial score (nSPS) is 12.9. The quantitative estimate of drug-likeness (QED) is 0.0206. The molecule has 3 unspecified atom stereocenters. The number of nitrogens with two attached hydrogens (primary N) is 2. The number of amides is 6. The third-order valence-corrected chi connectivity index (χ3v) is 9.02. The van der Waals surface area contributed by atoms with Crippen molar-refractivity contribution in [3.63, 3.8) is 0 Å². The molecule has 0 saturated carbocycles. The van der Waals surface area contributed by atoms with Crippen molar-refractivity contribution in [2.75, 3.05) is 31.6 Å². The van der Waals surface area contributed by atoms with Crippen molar-refractivity contribution in [1.82, 2.24) is 31.9 Å². The van der Waals surface area contributed by atoms with Gasteiger partial charge in [0, 0.05) is 31.6 Å². The molecule has 0 aromatic heterocycles. The highest BCUT2D eigenvalue weighted by Gasteiger charge is 2.36. The summed E-state index contributed by atoms with van der Waals surface area (Å²) in [6, 6.07) is -3.12. The van der Waals surface area contributed by atoms with Gasteiger partial charge in [0.1, 0.15) is 23.7 Å². The van der Waals surface area contributed by atoms with E-state index in [9.17, 15) is 28.8 Å². The van der Waals surface area contributed by atoms with Crippen LogP contribution in [0.3, 0.4) is 0 Å². The maximum absolute atomic E-state index is 13.4. The van der Waals surface area contributed by atoms with E-state index in [0.29, 0.717) is 38.0 Å². The fourth-order valence-electron chi connectivity index (χ4n) is 3.84. The van der Waals surface area contributed by atoms with Gasteiger partial charge in [0.25, 0.3) is 0 Å². The van der Waals surface area contributed by atoms with Gasteiger partial charge in [-0.2, -0.15) is 0 Å². The minimum absolute atomic E-state index is 0.117. The second kappa shape index (κ2) is 24.1. The molecule has 15 nitrogen and oxygen atoms in total. The molecule has 6 amide bonds. The van der Waals surface area contributed by atoms with Gasteiger partial charge in [-0.3, -0.25) is 33.8 Å². The van der Waals surface area contributed by atoms with Crippen LogP contribution in [-0.2, 0) is 28.8 Å². The molecule has 3 atom stereocenters. The largest absolute Gasteiger partial charge is 0.370 e. The molecule has 0 radical (unpaired) electrons. The van der Waals surface area contributed by atoms with Crippen LogP contribution < -0.4 is 43.4 Å². The molecule has 0 fully saturated rings. The molecule has 0 aliphatic rings. The summed E-state index contributed by atoms with van der Waals surface area (Å²) in [6.07, 6.45) is 4.51. The maximum Gasteiger partial charge on any atom is 0.245 e. The molecule has 0 rings (SSSR count). The second-order valence-electron chi connectivity index (χ2n) is 10.8. The number of guanidine groups is 1. The smallest absolute Gasteiger partial charge is 0.245 e. The molecule has 45 heavy (non-hydrogen) atoms. The third-order valence-electron chi connectivity index (χ3n) is 6.41. The Balaban J connectivity index is 5.65. The minimum atomic E-state index is -1.55. The van der Waals surface area contributed by atoms with Gasteiger partial charge in [-0.05, 0) is 39.5 Å². The van der Waals surface area contributed by atoms with Gasteiger partial charge in [0.2, 0.25) is 35.9 Å². The van der Waals surface area contributed by atoms with Gasteiger partial charge in [-0.15, -0.1) is 0 Å². The molecule has 0 aliphatic carbocycles. The van der Waals surface area contributed by atoms with E-state index in [4.69, 9.17) is 11.5 Å². The fourth-order valence-corrected chi connectivity index (χ4v) is 5.89. The lowest BCUT2D eigenvalue weighted by Crippen LogP contribution is -2.62. The highest BCUT2D eigenvalue weighted by molar-refractivity contribution is 8.76. The van der Waals surface area contributed by atoms with Crippen molar-refractivity contribution in [2.24, 2.45) is 16.5 Å². The number of hydrogen-bond donors (Lipinski definition) is 8. The third kappa shape index (κ3) is 19.0. The number of nitrogens with zero attached hydrogens (tertiary/aromatic N) is 1. The van der Waals surface area contributed by atoms with Crippen LogP contribution in [0.2, 0.25) is 0 Å². The van der Waals surface area contributed by atoms with Crippen molar-refractivity contribution >= 4 is 63.5 Å². The summed E-state index contributed by atoms with van der Waals surface area (Å²) in [5.74, 6) is -1.38. The van der Waals surface area contributed by atoms with Crippen LogP contribution in [0.5, 0.6) is 0 Å². The molecular weight excluding hydrogens is 622 g/mol. The summed E-state index contributed by atoms with van der Waals surface area (Å²) in [6.45, 7) is 7.52. The van der Waals surface area contributed by atoms with Crippen LogP contribution in [0.1, 0.15) is 79.1 Å². The predicted molar refractivity (Wildman–Crippen MR) is 180 cm³/mol. The first kappa shape index (κ1) is 41.8. The Morgan fingerprint density at radius 2 is 1.51 bits per heavy atom. The van der Waals surface area contributed by atoms with Crippen molar-refractivity contribution < 1.29 is 28.8 Å². The minimum Gasteiger partial charge on any atom is -0.370 e. The summed E-state index contributed by atoms with van der Waals surface area (Å²) >= 11 is 0. The molecule has 17 heteroatoms. The standard InChI is InChI=1S/C28H53N9O6S2/c1-6-8-9-11-19(34-18-38)24(41)35-20(12-10-13-33-27(29)30)25(42)37-28(3,4)26(43)36-21(17-22(39)31-5)23(40)32-14-16-45-44-15-7-2/h18-21H,6-17H2,1-5H3,(H,31,39)(H,32,40)(H,34,38)(H,35,41)(H,36,43)(H,37,42)(H4,29,30,33). The Bertz CT molecular complexity index is 980. The average molecular weight is 676 g/mol. The van der Waals surface area contributed by atoms with E-state index in [1.807, 2.05) is 6.92 Å². The van der Waals surface area contributed by atoms with Gasteiger partial charge in [-0.25, -0.2) is 0 Å². The van der Waals surface area contributed by atoms with E-state index < -0.39 is 53.2 Å². The maximum atomic E-state index is 13.4. The lowest BCUT2D eigenvalue weighted by Gasteiger charge is -2.30. The topological polar surface area (TPSA) is 239 Å².